The van der Waals surface area contributed by atoms with Crippen LogP contribution in [0.2, 0.25) is 5.02 Å². The lowest BCUT2D eigenvalue weighted by atomic mass is 10.2. The van der Waals surface area contributed by atoms with E-state index < -0.39 is 0 Å². The summed E-state index contributed by atoms with van der Waals surface area (Å²) in [6.07, 6.45) is 3.82. The maximum absolute atomic E-state index is 11.8. The third-order valence-corrected chi connectivity index (χ3v) is 3.04. The minimum absolute atomic E-state index is 0.208. The Morgan fingerprint density at radius 1 is 1.26 bits per heavy atom. The summed E-state index contributed by atoms with van der Waals surface area (Å²) in [6.45, 7) is 4.84. The lowest BCUT2D eigenvalue weighted by molar-refractivity contribution is 0.169. The van der Waals surface area contributed by atoms with Crippen molar-refractivity contribution in [2.75, 3.05) is 13.2 Å². The monoisotopic (exact) mass is 329 g/mol. The first kappa shape index (κ1) is 16.9. The maximum Gasteiger partial charge on any atom is 0.267 e. The molecule has 2 heterocycles. The van der Waals surface area contributed by atoms with E-state index in [1.54, 1.807) is 24.3 Å². The molecule has 0 aliphatic rings. The fourth-order valence-corrected chi connectivity index (χ4v) is 1.85. The summed E-state index contributed by atoms with van der Waals surface area (Å²) in [5.74, 6) is 5.85. The molecule has 0 unspecified atom stereocenters. The van der Waals surface area contributed by atoms with E-state index in [4.69, 9.17) is 16.3 Å². The maximum atomic E-state index is 11.8. The van der Waals surface area contributed by atoms with Crippen LogP contribution in [-0.4, -0.2) is 28.0 Å². The zero-order chi connectivity index (χ0) is 16.5. The highest BCUT2D eigenvalue weighted by atomic mass is 35.5. The molecule has 23 heavy (non-hydrogen) atoms. The Hall–Kier alpha value is -2.42. The first-order valence-electron chi connectivity index (χ1n) is 7.05. The molecule has 118 valence electrons. The van der Waals surface area contributed by atoms with Crippen molar-refractivity contribution in [3.05, 3.63) is 58.5 Å². The third kappa shape index (κ3) is 5.37. The van der Waals surface area contributed by atoms with E-state index in [-0.39, 0.29) is 12.1 Å². The average molecular weight is 330 g/mol. The summed E-state index contributed by atoms with van der Waals surface area (Å²) in [5, 5.41) is 4.82. The van der Waals surface area contributed by atoms with Crippen molar-refractivity contribution in [2.45, 2.75) is 13.0 Å². The van der Waals surface area contributed by atoms with Crippen LogP contribution < -0.4 is 5.56 Å². The van der Waals surface area contributed by atoms with Gasteiger partial charge < -0.3 is 4.74 Å². The van der Waals surface area contributed by atoms with Gasteiger partial charge in [-0.15, -0.1) is 6.58 Å². The van der Waals surface area contributed by atoms with E-state index in [0.717, 1.165) is 0 Å². The summed E-state index contributed by atoms with van der Waals surface area (Å²) >= 11 is 5.81. The second kappa shape index (κ2) is 8.89. The Kier molecular flexibility index (Phi) is 6.55. The summed E-state index contributed by atoms with van der Waals surface area (Å²) in [5.41, 5.74) is 1.03. The fraction of sp³-hybridized carbons (Fsp3) is 0.235. The van der Waals surface area contributed by atoms with Gasteiger partial charge in [0.15, 0.2) is 0 Å². The molecule has 2 aromatic heterocycles. The van der Waals surface area contributed by atoms with Crippen LogP contribution in [0.15, 0.2) is 47.9 Å². The largest absolute Gasteiger partial charge is 0.376 e. The molecule has 6 heteroatoms. The number of halogens is 1. The molecule has 0 saturated heterocycles. The Morgan fingerprint density at radius 3 is 2.83 bits per heavy atom. The van der Waals surface area contributed by atoms with Gasteiger partial charge in [0.25, 0.3) is 5.56 Å². The predicted octanol–water partition coefficient (Wildman–Crippen LogP) is 2.55. The third-order valence-electron chi connectivity index (χ3n) is 2.82. The molecule has 0 spiro atoms. The van der Waals surface area contributed by atoms with E-state index >= 15 is 0 Å². The smallest absolute Gasteiger partial charge is 0.267 e. The minimum Gasteiger partial charge on any atom is -0.376 e. The molecule has 0 aromatic carbocycles. The standard InChI is InChI=1S/C17H16ClN3O2/c1-2-11-23-12-5-3-4-10-21-17(22)9-8-16(20-21)15-7-6-14(18)13-19-15/h2,6-9,13H,1,5,10-12H2. The molecule has 2 rings (SSSR count). The quantitative estimate of drug-likeness (QED) is 0.464. The molecule has 0 radical (unpaired) electrons. The van der Waals surface area contributed by atoms with Gasteiger partial charge in [-0.1, -0.05) is 29.5 Å². The highest BCUT2D eigenvalue weighted by Gasteiger charge is 2.03. The van der Waals surface area contributed by atoms with Crippen LogP contribution >= 0.6 is 11.6 Å². The lowest BCUT2D eigenvalue weighted by Crippen LogP contribution is -2.21. The highest BCUT2D eigenvalue weighted by molar-refractivity contribution is 6.30. The molecule has 0 aliphatic heterocycles. The lowest BCUT2D eigenvalue weighted by Gasteiger charge is -2.03. The van der Waals surface area contributed by atoms with Crippen LogP contribution in [0.25, 0.3) is 11.4 Å². The molecule has 0 N–H and O–H groups in total. The van der Waals surface area contributed by atoms with E-state index in [2.05, 4.69) is 28.5 Å². The zero-order valence-corrected chi connectivity index (χ0v) is 13.3. The van der Waals surface area contributed by atoms with Crippen LogP contribution in [0.3, 0.4) is 0 Å². The van der Waals surface area contributed by atoms with E-state index in [1.165, 1.54) is 16.9 Å². The second-order valence-electron chi connectivity index (χ2n) is 4.54. The second-order valence-corrected chi connectivity index (χ2v) is 4.98. The predicted molar refractivity (Wildman–Crippen MR) is 90.1 cm³/mol. The molecular formula is C17H16ClN3O2. The van der Waals surface area contributed by atoms with Crippen molar-refractivity contribution in [3.63, 3.8) is 0 Å². The highest BCUT2D eigenvalue weighted by Crippen LogP contribution is 2.14. The van der Waals surface area contributed by atoms with Crippen LogP contribution in [0.4, 0.5) is 0 Å². The van der Waals surface area contributed by atoms with Crippen molar-refractivity contribution < 1.29 is 4.74 Å². The first-order valence-corrected chi connectivity index (χ1v) is 7.43. The molecule has 0 bridgehead atoms. The molecule has 2 aromatic rings. The fourth-order valence-electron chi connectivity index (χ4n) is 1.74. The number of hydrogen-bond acceptors (Lipinski definition) is 4. The Labute approximate surface area is 139 Å². The number of rotatable bonds is 6. The van der Waals surface area contributed by atoms with Gasteiger partial charge >= 0.3 is 0 Å². The van der Waals surface area contributed by atoms with Crippen LogP contribution in [-0.2, 0) is 11.3 Å². The molecular weight excluding hydrogens is 314 g/mol. The molecule has 0 saturated carbocycles. The van der Waals surface area contributed by atoms with Gasteiger partial charge in [-0.25, -0.2) is 4.68 Å². The van der Waals surface area contributed by atoms with E-state index in [0.29, 0.717) is 36.0 Å². The molecule has 0 aliphatic carbocycles. The Bertz CT molecular complexity index is 773. The molecule has 0 atom stereocenters. The van der Waals surface area contributed by atoms with Crippen LogP contribution in [0.5, 0.6) is 0 Å². The number of hydrogen-bond donors (Lipinski definition) is 0. The Morgan fingerprint density at radius 2 is 2.09 bits per heavy atom. The van der Waals surface area contributed by atoms with Crippen LogP contribution in [0, 0.1) is 11.8 Å². The van der Waals surface area contributed by atoms with Crippen molar-refractivity contribution in [3.8, 4) is 23.2 Å². The summed E-state index contributed by atoms with van der Waals surface area (Å²) in [6, 6.07) is 6.56. The van der Waals surface area contributed by atoms with Gasteiger partial charge in [-0.3, -0.25) is 9.78 Å². The van der Waals surface area contributed by atoms with Crippen molar-refractivity contribution in [2.24, 2.45) is 0 Å². The van der Waals surface area contributed by atoms with Gasteiger partial charge in [-0.05, 0) is 18.2 Å². The zero-order valence-electron chi connectivity index (χ0n) is 12.5. The first-order chi connectivity index (χ1) is 11.2. The summed E-state index contributed by atoms with van der Waals surface area (Å²) in [4.78, 5) is 16.0. The number of aromatic nitrogens is 3. The number of ether oxygens (including phenoxy) is 1. The van der Waals surface area contributed by atoms with E-state index in [9.17, 15) is 4.79 Å². The average Bonchev–Trinajstić information content (AvgIpc) is 2.56. The Balaban J connectivity index is 2.03. The van der Waals surface area contributed by atoms with Gasteiger partial charge in [-0.2, -0.15) is 5.10 Å². The molecule has 0 amide bonds. The van der Waals surface area contributed by atoms with Gasteiger partial charge in [0.2, 0.25) is 0 Å². The SMILES string of the molecule is C=CCOCCC#CCn1nc(-c2ccc(Cl)cn2)ccc1=O. The molecule has 0 fully saturated rings. The number of pyridine rings is 1. The normalized spacial score (nSPS) is 9.96. The van der Waals surface area contributed by atoms with Crippen molar-refractivity contribution >= 4 is 11.6 Å². The number of nitrogens with zero attached hydrogens (tertiary/aromatic N) is 3. The van der Waals surface area contributed by atoms with Crippen LogP contribution in [0.1, 0.15) is 6.42 Å². The molecule has 5 nitrogen and oxygen atoms in total. The summed E-state index contributed by atoms with van der Waals surface area (Å²) < 4.78 is 6.53. The summed E-state index contributed by atoms with van der Waals surface area (Å²) in [7, 11) is 0. The van der Waals surface area contributed by atoms with Crippen molar-refractivity contribution in [1.29, 1.82) is 0 Å². The van der Waals surface area contributed by atoms with Gasteiger partial charge in [0, 0.05) is 18.7 Å². The minimum atomic E-state index is -0.208. The van der Waals surface area contributed by atoms with Crippen molar-refractivity contribution in [1.82, 2.24) is 14.8 Å². The van der Waals surface area contributed by atoms with Gasteiger partial charge in [0.05, 0.1) is 23.9 Å². The van der Waals surface area contributed by atoms with E-state index in [1.807, 2.05) is 0 Å². The topological polar surface area (TPSA) is 57.0 Å². The van der Waals surface area contributed by atoms with Gasteiger partial charge in [0.1, 0.15) is 12.2 Å².